The second kappa shape index (κ2) is 8.18. The number of rotatable bonds is 6. The summed E-state index contributed by atoms with van der Waals surface area (Å²) in [4.78, 5) is 11.1. The molecule has 0 saturated carbocycles. The highest BCUT2D eigenvalue weighted by molar-refractivity contribution is 5.91. The summed E-state index contributed by atoms with van der Waals surface area (Å²) in [5.74, 6) is 0.630. The van der Waals surface area contributed by atoms with Crippen molar-refractivity contribution in [2.75, 3.05) is 7.11 Å². The van der Waals surface area contributed by atoms with Crippen LogP contribution in [0.2, 0.25) is 0 Å². The van der Waals surface area contributed by atoms with Crippen LogP contribution in [0.1, 0.15) is 11.1 Å². The number of ether oxygens (including phenoxy) is 2. The molecule has 3 rings (SSSR count). The fourth-order valence-electron chi connectivity index (χ4n) is 2.62. The Balaban J connectivity index is 1.72. The van der Waals surface area contributed by atoms with Crippen LogP contribution in [0.5, 0.6) is 11.5 Å². The number of hydroxylamine groups is 1. The van der Waals surface area contributed by atoms with Gasteiger partial charge >= 0.3 is 0 Å². The van der Waals surface area contributed by atoms with E-state index in [4.69, 9.17) is 14.7 Å². The van der Waals surface area contributed by atoms with Crippen molar-refractivity contribution in [2.24, 2.45) is 0 Å². The van der Waals surface area contributed by atoms with Gasteiger partial charge in [0, 0.05) is 17.7 Å². The summed E-state index contributed by atoms with van der Waals surface area (Å²) >= 11 is 0. The largest absolute Gasteiger partial charge is 0.496 e. The predicted octanol–water partition coefficient (Wildman–Crippen LogP) is 3.95. The highest BCUT2D eigenvalue weighted by Gasteiger charge is 2.05. The molecule has 5 heteroatoms. The second-order valence-electron chi connectivity index (χ2n) is 5.68. The number of amides is 1. The molecule has 0 bridgehead atoms. The first-order chi connectivity index (χ1) is 12.7. The van der Waals surface area contributed by atoms with E-state index >= 15 is 0 Å². The van der Waals surface area contributed by atoms with Crippen molar-refractivity contribution in [2.45, 2.75) is 6.61 Å². The fraction of sp³-hybridized carbons (Fsp3) is 0.0952. The Morgan fingerprint density at radius 3 is 2.65 bits per heavy atom. The zero-order valence-corrected chi connectivity index (χ0v) is 14.3. The first kappa shape index (κ1) is 17.5. The Morgan fingerprint density at radius 2 is 1.88 bits per heavy atom. The standard InChI is InChI=1S/C21H19NO4/c1-25-20-13-19(10-8-17(20)9-11-21(23)22-24)26-14-15-6-7-16-4-2-3-5-18(16)12-15/h2-13,24H,14H2,1H3,(H,22,23)/b11-9+. The van der Waals surface area contributed by atoms with E-state index in [-0.39, 0.29) is 0 Å². The Morgan fingerprint density at radius 1 is 1.08 bits per heavy atom. The van der Waals surface area contributed by atoms with Crippen molar-refractivity contribution in [1.82, 2.24) is 5.48 Å². The second-order valence-corrected chi connectivity index (χ2v) is 5.68. The molecule has 0 atom stereocenters. The van der Waals surface area contributed by atoms with E-state index in [1.165, 1.54) is 16.8 Å². The first-order valence-corrected chi connectivity index (χ1v) is 8.10. The zero-order chi connectivity index (χ0) is 18.4. The summed E-state index contributed by atoms with van der Waals surface area (Å²) in [6.45, 7) is 0.441. The van der Waals surface area contributed by atoms with Crippen LogP contribution in [0, 0.1) is 0 Å². The minimum absolute atomic E-state index is 0.441. The molecule has 0 heterocycles. The number of nitrogens with one attached hydrogen (secondary N) is 1. The van der Waals surface area contributed by atoms with Gasteiger partial charge in [-0.2, -0.15) is 0 Å². The highest BCUT2D eigenvalue weighted by Crippen LogP contribution is 2.26. The maximum Gasteiger partial charge on any atom is 0.267 e. The lowest BCUT2D eigenvalue weighted by Gasteiger charge is -2.10. The average molecular weight is 349 g/mol. The van der Waals surface area contributed by atoms with E-state index in [2.05, 4.69) is 24.3 Å². The predicted molar refractivity (Wildman–Crippen MR) is 100 cm³/mol. The molecular formula is C21H19NO4. The van der Waals surface area contributed by atoms with Crippen LogP contribution in [0.4, 0.5) is 0 Å². The maximum atomic E-state index is 11.1. The molecule has 0 saturated heterocycles. The fourth-order valence-corrected chi connectivity index (χ4v) is 2.62. The monoisotopic (exact) mass is 349 g/mol. The normalized spacial score (nSPS) is 10.8. The SMILES string of the molecule is COc1cc(OCc2ccc3ccccc3c2)ccc1/C=C/C(=O)NO. The van der Waals surface area contributed by atoms with Crippen molar-refractivity contribution in [1.29, 1.82) is 0 Å². The molecule has 0 unspecified atom stereocenters. The molecule has 0 aliphatic heterocycles. The molecule has 0 spiro atoms. The lowest BCUT2D eigenvalue weighted by atomic mass is 10.1. The van der Waals surface area contributed by atoms with Crippen molar-refractivity contribution < 1.29 is 19.5 Å². The summed E-state index contributed by atoms with van der Waals surface area (Å²) in [7, 11) is 1.55. The summed E-state index contributed by atoms with van der Waals surface area (Å²) in [6.07, 6.45) is 2.77. The Labute approximate surface area is 151 Å². The molecule has 132 valence electrons. The molecule has 0 aliphatic carbocycles. The number of benzene rings is 3. The molecule has 1 amide bonds. The van der Waals surface area contributed by atoms with Gasteiger partial charge < -0.3 is 9.47 Å². The zero-order valence-electron chi connectivity index (χ0n) is 14.3. The molecule has 5 nitrogen and oxygen atoms in total. The van der Waals surface area contributed by atoms with Crippen LogP contribution in [0.3, 0.4) is 0 Å². The molecular weight excluding hydrogens is 330 g/mol. The van der Waals surface area contributed by atoms with Crippen molar-refractivity contribution in [3.05, 3.63) is 77.9 Å². The maximum absolute atomic E-state index is 11.1. The average Bonchev–Trinajstić information content (AvgIpc) is 2.70. The number of methoxy groups -OCH3 is 1. The van der Waals surface area contributed by atoms with E-state index in [1.54, 1.807) is 36.9 Å². The van der Waals surface area contributed by atoms with Crippen molar-refractivity contribution >= 4 is 22.8 Å². The van der Waals surface area contributed by atoms with Crippen LogP contribution in [-0.2, 0) is 11.4 Å². The Kier molecular flexibility index (Phi) is 5.51. The lowest BCUT2D eigenvalue weighted by Crippen LogP contribution is -2.14. The van der Waals surface area contributed by atoms with Crippen molar-refractivity contribution in [3.8, 4) is 11.5 Å². The molecule has 0 fully saturated rings. The molecule has 2 N–H and O–H groups in total. The van der Waals surface area contributed by atoms with Gasteiger partial charge in [-0.25, -0.2) is 5.48 Å². The molecule has 3 aromatic carbocycles. The van der Waals surface area contributed by atoms with E-state index in [0.717, 1.165) is 5.56 Å². The topological polar surface area (TPSA) is 67.8 Å². The van der Waals surface area contributed by atoms with Crippen LogP contribution in [-0.4, -0.2) is 18.2 Å². The van der Waals surface area contributed by atoms with Gasteiger partial charge in [-0.05, 0) is 40.6 Å². The van der Waals surface area contributed by atoms with E-state index in [0.29, 0.717) is 23.7 Å². The number of carbonyl (C=O) groups excluding carboxylic acids is 1. The number of hydrogen-bond donors (Lipinski definition) is 2. The van der Waals surface area contributed by atoms with Gasteiger partial charge in [-0.15, -0.1) is 0 Å². The smallest absolute Gasteiger partial charge is 0.267 e. The molecule has 0 aromatic heterocycles. The summed E-state index contributed by atoms with van der Waals surface area (Å²) in [6, 6.07) is 19.8. The van der Waals surface area contributed by atoms with Gasteiger partial charge in [0.2, 0.25) is 0 Å². The van der Waals surface area contributed by atoms with Crippen LogP contribution >= 0.6 is 0 Å². The molecule has 0 aliphatic rings. The molecule has 0 radical (unpaired) electrons. The minimum Gasteiger partial charge on any atom is -0.496 e. The van der Waals surface area contributed by atoms with E-state index < -0.39 is 5.91 Å². The number of hydrogen-bond acceptors (Lipinski definition) is 4. The van der Waals surface area contributed by atoms with E-state index in [1.807, 2.05) is 18.2 Å². The van der Waals surface area contributed by atoms with Crippen LogP contribution in [0.15, 0.2) is 66.7 Å². The Hall–Kier alpha value is -3.31. The Bertz CT molecular complexity index is 950. The van der Waals surface area contributed by atoms with E-state index in [9.17, 15) is 4.79 Å². The summed E-state index contributed by atoms with van der Waals surface area (Å²) in [5, 5.41) is 10.9. The van der Waals surface area contributed by atoms with Crippen LogP contribution < -0.4 is 15.0 Å². The lowest BCUT2D eigenvalue weighted by molar-refractivity contribution is -0.124. The van der Waals surface area contributed by atoms with Gasteiger partial charge in [0.1, 0.15) is 18.1 Å². The summed E-state index contributed by atoms with van der Waals surface area (Å²) < 4.78 is 11.2. The van der Waals surface area contributed by atoms with Gasteiger partial charge in [0.25, 0.3) is 5.91 Å². The molecule has 26 heavy (non-hydrogen) atoms. The van der Waals surface area contributed by atoms with Gasteiger partial charge in [0.05, 0.1) is 7.11 Å². The minimum atomic E-state index is -0.608. The first-order valence-electron chi connectivity index (χ1n) is 8.10. The van der Waals surface area contributed by atoms with Crippen molar-refractivity contribution in [3.63, 3.8) is 0 Å². The number of carbonyl (C=O) groups is 1. The summed E-state index contributed by atoms with van der Waals surface area (Å²) in [5.41, 5.74) is 3.32. The number of fused-ring (bicyclic) bond motifs is 1. The quantitative estimate of drug-likeness (QED) is 0.402. The van der Waals surface area contributed by atoms with Gasteiger partial charge in [0.15, 0.2) is 0 Å². The molecule has 3 aromatic rings. The van der Waals surface area contributed by atoms with Gasteiger partial charge in [-0.3, -0.25) is 10.0 Å². The third-order valence-corrected chi connectivity index (χ3v) is 3.95. The third kappa shape index (κ3) is 4.20. The van der Waals surface area contributed by atoms with Crippen LogP contribution in [0.25, 0.3) is 16.8 Å². The third-order valence-electron chi connectivity index (χ3n) is 3.95. The van der Waals surface area contributed by atoms with Gasteiger partial charge in [-0.1, -0.05) is 36.4 Å². The highest BCUT2D eigenvalue weighted by atomic mass is 16.5.